The van der Waals surface area contributed by atoms with Crippen molar-refractivity contribution in [3.63, 3.8) is 0 Å². The van der Waals surface area contributed by atoms with Gasteiger partial charge in [0, 0.05) is 11.6 Å². The molecule has 0 atom stereocenters. The van der Waals surface area contributed by atoms with Crippen LogP contribution in [0.25, 0.3) is 0 Å². The van der Waals surface area contributed by atoms with Gasteiger partial charge in [-0.15, -0.1) is 0 Å². The van der Waals surface area contributed by atoms with Crippen LogP contribution in [0.3, 0.4) is 0 Å². The molecule has 0 aliphatic heterocycles. The van der Waals surface area contributed by atoms with Gasteiger partial charge < -0.3 is 0 Å². The van der Waals surface area contributed by atoms with Gasteiger partial charge in [0.15, 0.2) is 5.03 Å². The minimum atomic E-state index is -3.61. The highest BCUT2D eigenvalue weighted by molar-refractivity contribution is 7.89. The molecule has 112 valence electrons. The first kappa shape index (κ1) is 14.6. The fourth-order valence-corrected chi connectivity index (χ4v) is 4.28. The van der Waals surface area contributed by atoms with Crippen LogP contribution in [0.15, 0.2) is 41.6 Å². The lowest BCUT2D eigenvalue weighted by atomic mass is 10.1. The Morgan fingerprint density at radius 3 is 2.76 bits per heavy atom. The topological polar surface area (TPSA) is 64.0 Å². The van der Waals surface area contributed by atoms with Crippen molar-refractivity contribution in [2.24, 2.45) is 0 Å². The second-order valence-electron chi connectivity index (χ2n) is 5.18. The second-order valence-corrected chi connectivity index (χ2v) is 7.25. The van der Waals surface area contributed by atoms with E-state index < -0.39 is 15.6 Å². The zero-order valence-electron chi connectivity index (χ0n) is 11.6. The summed E-state index contributed by atoms with van der Waals surface area (Å²) in [5, 5.41) is 4.82. The highest BCUT2D eigenvalue weighted by Gasteiger charge is 2.48. The Hall–Kier alpha value is -1.37. The van der Waals surface area contributed by atoms with Gasteiger partial charge in [-0.05, 0) is 43.5 Å². The van der Waals surface area contributed by atoms with E-state index in [1.165, 1.54) is 16.9 Å². The van der Waals surface area contributed by atoms with Gasteiger partial charge >= 0.3 is 0 Å². The van der Waals surface area contributed by atoms with Gasteiger partial charge in [-0.3, -0.25) is 4.68 Å². The maximum absolute atomic E-state index is 12.6. The SMILES string of the molecule is CCn1nccc1S(=O)(=O)NC1(c2cccc(Cl)c2)CC1. The number of hydrogen-bond acceptors (Lipinski definition) is 3. The van der Waals surface area contributed by atoms with E-state index in [2.05, 4.69) is 9.82 Å². The molecule has 0 amide bonds. The van der Waals surface area contributed by atoms with Gasteiger partial charge in [-0.25, -0.2) is 8.42 Å². The molecule has 1 N–H and O–H groups in total. The molecule has 1 aromatic carbocycles. The van der Waals surface area contributed by atoms with Gasteiger partial charge in [0.05, 0.1) is 11.7 Å². The molecule has 21 heavy (non-hydrogen) atoms. The quantitative estimate of drug-likeness (QED) is 0.918. The molecule has 1 heterocycles. The van der Waals surface area contributed by atoms with Crippen molar-refractivity contribution in [2.45, 2.75) is 36.9 Å². The number of nitrogens with zero attached hydrogens (tertiary/aromatic N) is 2. The van der Waals surface area contributed by atoms with Gasteiger partial charge in [-0.1, -0.05) is 23.7 Å². The summed E-state index contributed by atoms with van der Waals surface area (Å²) in [6.45, 7) is 2.36. The highest BCUT2D eigenvalue weighted by atomic mass is 35.5. The van der Waals surface area contributed by atoms with E-state index in [4.69, 9.17) is 11.6 Å². The molecule has 2 aromatic rings. The first-order chi connectivity index (χ1) is 9.97. The smallest absolute Gasteiger partial charge is 0.253 e. The fourth-order valence-electron chi connectivity index (χ4n) is 2.46. The van der Waals surface area contributed by atoms with Crippen LogP contribution in [-0.2, 0) is 22.1 Å². The van der Waals surface area contributed by atoms with E-state index in [0.29, 0.717) is 11.6 Å². The number of hydrogen-bond donors (Lipinski definition) is 1. The largest absolute Gasteiger partial charge is 0.258 e. The lowest BCUT2D eigenvalue weighted by Gasteiger charge is -2.18. The van der Waals surface area contributed by atoms with Crippen LogP contribution in [0.1, 0.15) is 25.3 Å². The minimum Gasteiger partial charge on any atom is -0.253 e. The van der Waals surface area contributed by atoms with E-state index in [1.54, 1.807) is 6.07 Å². The number of rotatable bonds is 5. The summed E-state index contributed by atoms with van der Waals surface area (Å²) in [6, 6.07) is 8.84. The van der Waals surface area contributed by atoms with Crippen LogP contribution in [0, 0.1) is 0 Å². The summed E-state index contributed by atoms with van der Waals surface area (Å²) < 4.78 is 29.4. The summed E-state index contributed by atoms with van der Waals surface area (Å²) in [4.78, 5) is 0. The van der Waals surface area contributed by atoms with Crippen molar-refractivity contribution in [1.29, 1.82) is 0 Å². The van der Waals surface area contributed by atoms with Crippen LogP contribution < -0.4 is 4.72 Å². The third-order valence-electron chi connectivity index (χ3n) is 3.71. The Balaban J connectivity index is 1.93. The molecule has 5 nitrogen and oxygen atoms in total. The molecule has 1 aliphatic rings. The molecule has 0 unspecified atom stereocenters. The molecule has 1 aromatic heterocycles. The molecular weight excluding hydrogens is 310 g/mol. The summed E-state index contributed by atoms with van der Waals surface area (Å²) in [5.74, 6) is 0. The van der Waals surface area contributed by atoms with Crippen molar-refractivity contribution in [1.82, 2.24) is 14.5 Å². The van der Waals surface area contributed by atoms with Crippen molar-refractivity contribution in [3.8, 4) is 0 Å². The summed E-state index contributed by atoms with van der Waals surface area (Å²) in [7, 11) is -3.61. The van der Waals surface area contributed by atoms with Crippen LogP contribution in [0.5, 0.6) is 0 Å². The predicted molar refractivity (Wildman–Crippen MR) is 80.6 cm³/mol. The molecule has 3 rings (SSSR count). The second kappa shape index (κ2) is 5.12. The van der Waals surface area contributed by atoms with Crippen molar-refractivity contribution < 1.29 is 8.42 Å². The average molecular weight is 326 g/mol. The zero-order valence-corrected chi connectivity index (χ0v) is 13.2. The Kier molecular flexibility index (Phi) is 3.55. The van der Waals surface area contributed by atoms with Crippen LogP contribution in [0.2, 0.25) is 5.02 Å². The summed E-state index contributed by atoms with van der Waals surface area (Å²) >= 11 is 6.01. The van der Waals surface area contributed by atoms with E-state index in [-0.39, 0.29) is 5.03 Å². The average Bonchev–Trinajstić information content (AvgIpc) is 3.04. The lowest BCUT2D eigenvalue weighted by Crippen LogP contribution is -2.36. The monoisotopic (exact) mass is 325 g/mol. The first-order valence-corrected chi connectivity index (χ1v) is 8.65. The highest BCUT2D eigenvalue weighted by Crippen LogP contribution is 2.47. The number of aromatic nitrogens is 2. The van der Waals surface area contributed by atoms with Gasteiger partial charge in [0.25, 0.3) is 10.0 Å². The Bertz CT molecular complexity index is 766. The van der Waals surface area contributed by atoms with Gasteiger partial charge in [-0.2, -0.15) is 9.82 Å². The number of nitrogens with one attached hydrogen (secondary N) is 1. The molecule has 0 bridgehead atoms. The standard InChI is InChI=1S/C14H16ClN3O2S/c1-2-18-13(6-9-16-18)21(19,20)17-14(7-8-14)11-4-3-5-12(15)10-11/h3-6,9-10,17H,2,7-8H2,1H3. The molecule has 0 radical (unpaired) electrons. The van der Waals surface area contributed by atoms with Crippen molar-refractivity contribution >= 4 is 21.6 Å². The van der Waals surface area contributed by atoms with Crippen LogP contribution in [0.4, 0.5) is 0 Å². The third-order valence-corrected chi connectivity index (χ3v) is 5.50. The number of aryl methyl sites for hydroxylation is 1. The van der Waals surface area contributed by atoms with Crippen molar-refractivity contribution in [3.05, 3.63) is 47.1 Å². The molecule has 1 fully saturated rings. The maximum Gasteiger partial charge on any atom is 0.258 e. The fraction of sp³-hybridized carbons (Fsp3) is 0.357. The minimum absolute atomic E-state index is 0.193. The van der Waals surface area contributed by atoms with E-state index in [1.807, 2.05) is 25.1 Å². The Morgan fingerprint density at radius 1 is 1.38 bits per heavy atom. The van der Waals surface area contributed by atoms with Gasteiger partial charge in [0.1, 0.15) is 0 Å². The molecule has 1 aliphatic carbocycles. The van der Waals surface area contributed by atoms with E-state index in [0.717, 1.165) is 18.4 Å². The summed E-state index contributed by atoms with van der Waals surface area (Å²) in [5.41, 5.74) is 0.369. The van der Waals surface area contributed by atoms with Crippen LogP contribution >= 0.6 is 11.6 Å². The lowest BCUT2D eigenvalue weighted by molar-refractivity contribution is 0.524. The molecule has 0 saturated heterocycles. The molecular formula is C14H16ClN3O2S. The normalized spacial score (nSPS) is 16.9. The maximum atomic E-state index is 12.6. The summed E-state index contributed by atoms with van der Waals surface area (Å²) in [6.07, 6.45) is 3.04. The van der Waals surface area contributed by atoms with Crippen LogP contribution in [-0.4, -0.2) is 18.2 Å². The Labute approximate surface area is 129 Å². The number of benzene rings is 1. The first-order valence-electron chi connectivity index (χ1n) is 6.79. The van der Waals surface area contributed by atoms with E-state index in [9.17, 15) is 8.42 Å². The predicted octanol–water partition coefficient (Wildman–Crippen LogP) is 2.52. The number of halogens is 1. The molecule has 0 spiro atoms. The molecule has 7 heteroatoms. The van der Waals surface area contributed by atoms with Crippen molar-refractivity contribution in [2.75, 3.05) is 0 Å². The third kappa shape index (κ3) is 2.71. The van der Waals surface area contributed by atoms with E-state index >= 15 is 0 Å². The van der Waals surface area contributed by atoms with Gasteiger partial charge in [0.2, 0.25) is 0 Å². The Morgan fingerprint density at radius 2 is 2.14 bits per heavy atom. The molecule has 1 saturated carbocycles. The zero-order chi connectivity index (χ0) is 15.1. The number of sulfonamides is 1.